The largest absolute Gasteiger partial charge is 0.456 e. The van der Waals surface area contributed by atoms with Crippen LogP contribution in [0.5, 0.6) is 0 Å². The molecule has 6 heteroatoms. The molecule has 0 bridgehead atoms. The van der Waals surface area contributed by atoms with Gasteiger partial charge in [-0.2, -0.15) is 0 Å². The number of fused-ring (bicyclic) bond motifs is 9. The quantitative estimate of drug-likeness (QED) is 0.195. The third-order valence-corrected chi connectivity index (χ3v) is 11.3. The monoisotopic (exact) mass is 675 g/mol. The summed E-state index contributed by atoms with van der Waals surface area (Å²) < 4.78 is 15.6. The number of benzene rings is 7. The Morgan fingerprint density at radius 3 is 2.08 bits per heavy atom. The third kappa shape index (κ3) is 4.54. The molecule has 1 aliphatic heterocycles. The highest BCUT2D eigenvalue weighted by Crippen LogP contribution is 2.41. The van der Waals surface area contributed by atoms with Crippen LogP contribution in [0.2, 0.25) is 0 Å². The zero-order valence-electron chi connectivity index (χ0n) is 27.3. The van der Waals surface area contributed by atoms with Crippen molar-refractivity contribution in [1.29, 1.82) is 0 Å². The Labute approximate surface area is 296 Å². The first-order valence-electron chi connectivity index (χ1n) is 17.2. The third-order valence-electron chi connectivity index (χ3n) is 10.2. The smallest absolute Gasteiger partial charge is 0.146 e. The molecule has 11 rings (SSSR count). The Morgan fingerprint density at radius 1 is 0.490 bits per heavy atom. The van der Waals surface area contributed by atoms with Crippen LogP contribution in [-0.2, 0) is 0 Å². The van der Waals surface area contributed by atoms with Crippen molar-refractivity contribution >= 4 is 81.2 Å². The van der Waals surface area contributed by atoms with E-state index in [1.54, 1.807) is 0 Å². The van der Waals surface area contributed by atoms with Crippen LogP contribution in [0, 0.1) is 0 Å². The highest BCUT2D eigenvalue weighted by atomic mass is 32.1. The van der Waals surface area contributed by atoms with Crippen LogP contribution < -0.4 is 10.6 Å². The lowest BCUT2D eigenvalue weighted by atomic mass is 10.00. The van der Waals surface area contributed by atoms with Crippen molar-refractivity contribution in [2.75, 3.05) is 0 Å². The predicted molar refractivity (Wildman–Crippen MR) is 210 cm³/mol. The normalized spacial score (nSPS) is 16.4. The molecule has 51 heavy (non-hydrogen) atoms. The van der Waals surface area contributed by atoms with Gasteiger partial charge >= 0.3 is 0 Å². The standard InChI is InChI=1S/C45H29N3O2S/c1-2-10-26(11-3-1)43-46-44(28-21-23-40-36(25-28)31-13-5-7-19-39(31)51-40)48-45(47-43)34-17-9-16-33-32-15-8-14-29(41(32)50-42(33)34)27-20-22-38-35(24-27)30-12-4-6-18-37(30)49-38/h1-25,43-44,46H,(H,47,48). The van der Waals surface area contributed by atoms with E-state index in [-0.39, 0.29) is 12.3 Å². The van der Waals surface area contributed by atoms with E-state index in [2.05, 4.69) is 144 Å². The second-order valence-electron chi connectivity index (χ2n) is 13.2. The Kier molecular flexibility index (Phi) is 6.26. The molecule has 4 heterocycles. The van der Waals surface area contributed by atoms with Gasteiger partial charge in [0.1, 0.15) is 40.5 Å². The summed E-state index contributed by atoms with van der Waals surface area (Å²) in [5.74, 6) is 0.792. The van der Waals surface area contributed by atoms with Gasteiger partial charge in [-0.15, -0.1) is 11.3 Å². The van der Waals surface area contributed by atoms with E-state index in [1.807, 2.05) is 29.5 Å². The molecule has 7 aromatic carbocycles. The molecule has 10 aromatic rings. The molecule has 0 aliphatic carbocycles. The van der Waals surface area contributed by atoms with E-state index in [4.69, 9.17) is 13.8 Å². The summed E-state index contributed by atoms with van der Waals surface area (Å²) in [7, 11) is 0. The predicted octanol–water partition coefficient (Wildman–Crippen LogP) is 11.9. The van der Waals surface area contributed by atoms with Crippen molar-refractivity contribution in [2.45, 2.75) is 12.3 Å². The van der Waals surface area contributed by atoms with Crippen LogP contribution in [0.15, 0.2) is 165 Å². The zero-order chi connectivity index (χ0) is 33.5. The number of para-hydroxylation sites is 3. The Hall–Kier alpha value is -6.21. The molecule has 0 spiro atoms. The van der Waals surface area contributed by atoms with Crippen molar-refractivity contribution in [2.24, 2.45) is 4.99 Å². The molecule has 1 aliphatic rings. The number of rotatable bonds is 4. The minimum absolute atomic E-state index is 0.162. The molecule has 0 fully saturated rings. The summed E-state index contributed by atoms with van der Waals surface area (Å²) >= 11 is 1.83. The highest BCUT2D eigenvalue weighted by Gasteiger charge is 2.28. The number of amidine groups is 1. The second-order valence-corrected chi connectivity index (χ2v) is 14.2. The fourth-order valence-corrected chi connectivity index (χ4v) is 8.81. The van der Waals surface area contributed by atoms with Gasteiger partial charge in [0.2, 0.25) is 0 Å². The minimum Gasteiger partial charge on any atom is -0.456 e. The first-order valence-corrected chi connectivity index (χ1v) is 18.0. The van der Waals surface area contributed by atoms with Gasteiger partial charge in [0.15, 0.2) is 0 Å². The minimum atomic E-state index is -0.277. The highest BCUT2D eigenvalue weighted by molar-refractivity contribution is 7.25. The topological polar surface area (TPSA) is 62.7 Å². The molecule has 2 unspecified atom stereocenters. The maximum atomic E-state index is 6.92. The number of nitrogens with one attached hydrogen (secondary N) is 2. The van der Waals surface area contributed by atoms with Gasteiger partial charge in [0.25, 0.3) is 0 Å². The molecule has 0 radical (unpaired) electrons. The summed E-state index contributed by atoms with van der Waals surface area (Å²) in [4.78, 5) is 5.35. The lowest BCUT2D eigenvalue weighted by Crippen LogP contribution is -2.45. The average molecular weight is 676 g/mol. The molecule has 242 valence electrons. The number of furan rings is 2. The molecular weight excluding hydrogens is 647 g/mol. The van der Waals surface area contributed by atoms with E-state index >= 15 is 0 Å². The molecular formula is C45H29N3O2S. The van der Waals surface area contributed by atoms with E-state index in [9.17, 15) is 0 Å². The van der Waals surface area contributed by atoms with E-state index in [1.165, 1.54) is 20.2 Å². The fraction of sp³-hybridized carbons (Fsp3) is 0.0444. The molecule has 0 amide bonds. The van der Waals surface area contributed by atoms with Crippen LogP contribution in [-0.4, -0.2) is 5.84 Å². The number of nitrogens with zero attached hydrogens (tertiary/aromatic N) is 1. The van der Waals surface area contributed by atoms with Crippen molar-refractivity contribution in [3.63, 3.8) is 0 Å². The molecule has 3 aromatic heterocycles. The number of hydrogen-bond donors (Lipinski definition) is 2. The maximum absolute atomic E-state index is 6.92. The lowest BCUT2D eigenvalue weighted by Gasteiger charge is -2.32. The van der Waals surface area contributed by atoms with Crippen LogP contribution in [0.25, 0.3) is 75.2 Å². The Balaban J connectivity index is 1.07. The molecule has 2 N–H and O–H groups in total. The van der Waals surface area contributed by atoms with Gasteiger partial charge in [-0.25, -0.2) is 4.99 Å². The van der Waals surface area contributed by atoms with Crippen LogP contribution >= 0.6 is 11.3 Å². The number of thiophene rings is 1. The Morgan fingerprint density at radius 2 is 1.20 bits per heavy atom. The first kappa shape index (κ1) is 28.6. The van der Waals surface area contributed by atoms with Crippen LogP contribution in [0.1, 0.15) is 29.0 Å². The fourth-order valence-electron chi connectivity index (χ4n) is 7.72. The summed E-state index contributed by atoms with van der Waals surface area (Å²) in [5.41, 5.74) is 8.74. The summed E-state index contributed by atoms with van der Waals surface area (Å²) in [5, 5.41) is 14.4. The molecule has 0 saturated carbocycles. The average Bonchev–Trinajstić information content (AvgIpc) is 3.89. The van der Waals surface area contributed by atoms with E-state index in [0.717, 1.165) is 77.5 Å². The van der Waals surface area contributed by atoms with Gasteiger partial charge in [0.05, 0.1) is 5.56 Å². The number of aliphatic imine (C=N–C) groups is 1. The van der Waals surface area contributed by atoms with Gasteiger partial charge < -0.3 is 14.2 Å². The van der Waals surface area contributed by atoms with Gasteiger partial charge in [-0.3, -0.25) is 5.32 Å². The summed E-state index contributed by atoms with van der Waals surface area (Å²) in [6.45, 7) is 0. The van der Waals surface area contributed by atoms with Gasteiger partial charge in [0, 0.05) is 47.3 Å². The van der Waals surface area contributed by atoms with Crippen molar-refractivity contribution in [3.05, 3.63) is 168 Å². The van der Waals surface area contributed by atoms with E-state index in [0.29, 0.717) is 0 Å². The summed E-state index contributed by atoms with van der Waals surface area (Å²) in [6.07, 6.45) is -0.438. The Bertz CT molecular complexity index is 3010. The van der Waals surface area contributed by atoms with Crippen LogP contribution in [0.4, 0.5) is 0 Å². The van der Waals surface area contributed by atoms with Gasteiger partial charge in [-0.1, -0.05) is 109 Å². The molecule has 2 atom stereocenters. The van der Waals surface area contributed by atoms with Crippen molar-refractivity contribution in [3.8, 4) is 11.1 Å². The summed E-state index contributed by atoms with van der Waals surface area (Å²) in [6, 6.07) is 53.2. The second kappa shape index (κ2) is 11.2. The van der Waals surface area contributed by atoms with Gasteiger partial charge in [-0.05, 0) is 59.2 Å². The molecule has 0 saturated heterocycles. The van der Waals surface area contributed by atoms with Crippen molar-refractivity contribution < 1.29 is 8.83 Å². The van der Waals surface area contributed by atoms with Crippen LogP contribution in [0.3, 0.4) is 0 Å². The SMILES string of the molecule is c1ccc(C2NC(c3cccc4c3oc3c(-c5ccc6oc7ccccc7c6c5)cccc34)=NC(c3ccc4sc5ccccc5c4c3)N2)cc1. The van der Waals surface area contributed by atoms with Crippen molar-refractivity contribution in [1.82, 2.24) is 10.6 Å². The molecule has 5 nitrogen and oxygen atoms in total. The number of hydrogen-bond acceptors (Lipinski definition) is 6. The zero-order valence-corrected chi connectivity index (χ0v) is 28.1. The maximum Gasteiger partial charge on any atom is 0.146 e. The van der Waals surface area contributed by atoms with E-state index < -0.39 is 0 Å². The first-order chi connectivity index (χ1) is 25.2. The lowest BCUT2D eigenvalue weighted by molar-refractivity contribution is 0.409.